The van der Waals surface area contributed by atoms with Gasteiger partial charge >= 0.3 is 0 Å². The second kappa shape index (κ2) is 5.12. The van der Waals surface area contributed by atoms with Gasteiger partial charge in [-0.05, 0) is 26.8 Å². The Morgan fingerprint density at radius 3 is 2.93 bits per heavy atom. The molecule has 0 aromatic carbocycles. The van der Waals surface area contributed by atoms with Crippen LogP contribution in [-0.4, -0.2) is 29.5 Å². The Labute approximate surface area is 85.0 Å². The molecule has 4 nitrogen and oxygen atoms in total. The number of H-pyrrole nitrogens is 1. The molecule has 1 rings (SSSR count). The molecule has 0 aliphatic rings. The molecule has 0 saturated carbocycles. The summed E-state index contributed by atoms with van der Waals surface area (Å²) >= 11 is 0. The van der Waals surface area contributed by atoms with E-state index in [0.717, 1.165) is 19.5 Å². The second-order valence-electron chi connectivity index (χ2n) is 4.00. The van der Waals surface area contributed by atoms with Gasteiger partial charge in [-0.2, -0.15) is 5.10 Å². The minimum atomic E-state index is -0.0383. The monoisotopic (exact) mass is 197 g/mol. The highest BCUT2D eigenvalue weighted by Gasteiger charge is 2.14. The molecular formula is C10H19N3O. The fourth-order valence-electron chi connectivity index (χ4n) is 1.10. The van der Waals surface area contributed by atoms with E-state index in [2.05, 4.69) is 29.4 Å². The predicted molar refractivity (Wildman–Crippen MR) is 56.0 cm³/mol. The van der Waals surface area contributed by atoms with E-state index in [1.165, 1.54) is 5.56 Å². The maximum absolute atomic E-state index is 5.32. The third-order valence-corrected chi connectivity index (χ3v) is 2.34. The highest BCUT2D eigenvalue weighted by molar-refractivity contribution is 5.01. The van der Waals surface area contributed by atoms with Gasteiger partial charge in [0, 0.05) is 25.4 Å². The van der Waals surface area contributed by atoms with Crippen molar-refractivity contribution < 1.29 is 4.74 Å². The molecule has 0 spiro atoms. The first-order chi connectivity index (χ1) is 6.64. The average molecular weight is 197 g/mol. The molecule has 80 valence electrons. The number of nitrogens with zero attached hydrogens (tertiary/aromatic N) is 1. The zero-order valence-corrected chi connectivity index (χ0v) is 9.13. The lowest BCUT2D eigenvalue weighted by Gasteiger charge is -2.22. The summed E-state index contributed by atoms with van der Waals surface area (Å²) in [5, 5.41) is 10.00. The average Bonchev–Trinajstić information content (AvgIpc) is 2.65. The number of hydrogen-bond donors (Lipinski definition) is 2. The van der Waals surface area contributed by atoms with Crippen molar-refractivity contribution >= 4 is 0 Å². The summed E-state index contributed by atoms with van der Waals surface area (Å²) in [5.74, 6) is 0. The largest absolute Gasteiger partial charge is 0.379 e. The Hall–Kier alpha value is -0.870. The first kappa shape index (κ1) is 11.2. The van der Waals surface area contributed by atoms with Crippen LogP contribution in [0.4, 0.5) is 0 Å². The lowest BCUT2D eigenvalue weighted by Crippen LogP contribution is -2.28. The Kier molecular flexibility index (Phi) is 4.10. The van der Waals surface area contributed by atoms with Gasteiger partial charge in [-0.25, -0.2) is 0 Å². The Balaban J connectivity index is 2.11. The Morgan fingerprint density at radius 1 is 1.57 bits per heavy atom. The molecule has 0 unspecified atom stereocenters. The van der Waals surface area contributed by atoms with Crippen molar-refractivity contribution in [1.29, 1.82) is 0 Å². The highest BCUT2D eigenvalue weighted by atomic mass is 16.5. The molecule has 0 bridgehead atoms. The highest BCUT2D eigenvalue weighted by Crippen LogP contribution is 2.11. The summed E-state index contributed by atoms with van der Waals surface area (Å²) in [5.41, 5.74) is 1.14. The zero-order valence-electron chi connectivity index (χ0n) is 9.13. The lowest BCUT2D eigenvalue weighted by molar-refractivity contribution is 0.0158. The number of aromatic amines is 1. The van der Waals surface area contributed by atoms with Crippen molar-refractivity contribution in [3.8, 4) is 0 Å². The van der Waals surface area contributed by atoms with E-state index in [1.54, 1.807) is 7.11 Å². The van der Waals surface area contributed by atoms with Gasteiger partial charge in [-0.15, -0.1) is 0 Å². The quantitative estimate of drug-likeness (QED) is 0.676. The van der Waals surface area contributed by atoms with Crippen molar-refractivity contribution in [2.75, 3.05) is 13.7 Å². The SMILES string of the molecule is COC(C)(C)CCNCc1cn[nH]c1. The number of ether oxygens (including phenoxy) is 1. The van der Waals surface area contributed by atoms with Gasteiger partial charge in [-0.1, -0.05) is 0 Å². The van der Waals surface area contributed by atoms with Crippen LogP contribution >= 0.6 is 0 Å². The molecule has 0 aliphatic heterocycles. The van der Waals surface area contributed by atoms with Crippen molar-refractivity contribution in [2.45, 2.75) is 32.4 Å². The van der Waals surface area contributed by atoms with Gasteiger partial charge in [0.2, 0.25) is 0 Å². The summed E-state index contributed by atoms with van der Waals surface area (Å²) in [7, 11) is 1.75. The van der Waals surface area contributed by atoms with Gasteiger partial charge in [0.25, 0.3) is 0 Å². The fraction of sp³-hybridized carbons (Fsp3) is 0.700. The normalized spacial score (nSPS) is 11.9. The number of methoxy groups -OCH3 is 1. The number of nitrogens with one attached hydrogen (secondary N) is 2. The molecule has 14 heavy (non-hydrogen) atoms. The smallest absolute Gasteiger partial charge is 0.0634 e. The molecule has 0 atom stereocenters. The van der Waals surface area contributed by atoms with Crippen LogP contribution in [0.15, 0.2) is 12.4 Å². The molecule has 2 N–H and O–H groups in total. The fourth-order valence-corrected chi connectivity index (χ4v) is 1.10. The summed E-state index contributed by atoms with van der Waals surface area (Å²) < 4.78 is 5.32. The van der Waals surface area contributed by atoms with E-state index in [9.17, 15) is 0 Å². The van der Waals surface area contributed by atoms with E-state index in [-0.39, 0.29) is 5.60 Å². The van der Waals surface area contributed by atoms with Gasteiger partial charge in [-0.3, -0.25) is 5.10 Å². The number of aromatic nitrogens is 2. The third kappa shape index (κ3) is 3.89. The van der Waals surface area contributed by atoms with Gasteiger partial charge < -0.3 is 10.1 Å². The van der Waals surface area contributed by atoms with E-state index < -0.39 is 0 Å². The molecule has 0 aliphatic carbocycles. The maximum atomic E-state index is 5.32. The molecule has 0 amide bonds. The molecule has 4 heteroatoms. The van der Waals surface area contributed by atoms with Crippen LogP contribution < -0.4 is 5.32 Å². The summed E-state index contributed by atoms with van der Waals surface area (Å²) in [6.07, 6.45) is 4.73. The van der Waals surface area contributed by atoms with E-state index in [0.29, 0.717) is 0 Å². The van der Waals surface area contributed by atoms with Crippen LogP contribution in [0.25, 0.3) is 0 Å². The first-order valence-corrected chi connectivity index (χ1v) is 4.87. The zero-order chi connectivity index (χ0) is 10.4. The van der Waals surface area contributed by atoms with Gasteiger partial charge in [0.05, 0.1) is 11.8 Å². The molecule has 1 heterocycles. The standard InChI is InChI=1S/C10H19N3O/c1-10(2,14-3)4-5-11-6-9-7-12-13-8-9/h7-8,11H,4-6H2,1-3H3,(H,12,13). The van der Waals surface area contributed by atoms with Crippen molar-refractivity contribution in [3.05, 3.63) is 18.0 Å². The maximum Gasteiger partial charge on any atom is 0.0634 e. The predicted octanol–water partition coefficient (Wildman–Crippen LogP) is 1.31. The van der Waals surface area contributed by atoms with Gasteiger partial charge in [0.15, 0.2) is 0 Å². The van der Waals surface area contributed by atoms with Crippen molar-refractivity contribution in [3.63, 3.8) is 0 Å². The Morgan fingerprint density at radius 2 is 2.36 bits per heavy atom. The van der Waals surface area contributed by atoms with Crippen LogP contribution in [-0.2, 0) is 11.3 Å². The second-order valence-corrected chi connectivity index (χ2v) is 4.00. The molecule has 0 fully saturated rings. The minimum Gasteiger partial charge on any atom is -0.379 e. The van der Waals surface area contributed by atoms with E-state index >= 15 is 0 Å². The van der Waals surface area contributed by atoms with E-state index in [1.807, 2.05) is 12.4 Å². The van der Waals surface area contributed by atoms with Crippen LogP contribution in [0.5, 0.6) is 0 Å². The minimum absolute atomic E-state index is 0.0383. The van der Waals surface area contributed by atoms with Crippen molar-refractivity contribution in [1.82, 2.24) is 15.5 Å². The van der Waals surface area contributed by atoms with Crippen molar-refractivity contribution in [2.24, 2.45) is 0 Å². The Bertz CT molecular complexity index is 244. The third-order valence-electron chi connectivity index (χ3n) is 2.34. The number of hydrogen-bond acceptors (Lipinski definition) is 3. The van der Waals surface area contributed by atoms with Crippen LogP contribution in [0.1, 0.15) is 25.8 Å². The van der Waals surface area contributed by atoms with E-state index in [4.69, 9.17) is 4.74 Å². The summed E-state index contributed by atoms with van der Waals surface area (Å²) in [6.45, 7) is 5.99. The summed E-state index contributed by atoms with van der Waals surface area (Å²) in [4.78, 5) is 0. The summed E-state index contributed by atoms with van der Waals surface area (Å²) in [6, 6.07) is 0. The van der Waals surface area contributed by atoms with Gasteiger partial charge in [0.1, 0.15) is 0 Å². The number of rotatable bonds is 6. The first-order valence-electron chi connectivity index (χ1n) is 4.87. The topological polar surface area (TPSA) is 49.9 Å². The van der Waals surface area contributed by atoms with Crippen LogP contribution in [0, 0.1) is 0 Å². The van der Waals surface area contributed by atoms with Crippen LogP contribution in [0.3, 0.4) is 0 Å². The molecule has 1 aromatic rings. The molecule has 0 radical (unpaired) electrons. The lowest BCUT2D eigenvalue weighted by atomic mass is 10.1. The molecule has 1 aromatic heterocycles. The molecular weight excluding hydrogens is 178 g/mol. The molecule has 0 saturated heterocycles. The van der Waals surface area contributed by atoms with Crippen LogP contribution in [0.2, 0.25) is 0 Å².